The normalized spacial score (nSPS) is 13.4. The lowest BCUT2D eigenvalue weighted by Crippen LogP contribution is -2.37. The third-order valence-electron chi connectivity index (χ3n) is 11.6. The molecule has 0 aromatic heterocycles. The molecule has 10 heteroatoms. The van der Waals surface area contributed by atoms with Crippen LogP contribution in [0.1, 0.15) is 258 Å². The minimum Gasteiger partial charge on any atom is -0.756 e. The number of unbranched alkanes of at least 4 members (excludes halogenated alkanes) is 34. The first-order valence-electron chi connectivity index (χ1n) is 25.7. The fraction of sp³-hybridized carbons (Fsp3) is 0.960. The van der Waals surface area contributed by atoms with Crippen LogP contribution in [0, 0.1) is 0 Å². The number of carbonyl (C=O) groups is 2. The maximum absolute atomic E-state index is 12.7. The molecule has 0 spiro atoms. The molecule has 0 saturated heterocycles. The third-order valence-corrected chi connectivity index (χ3v) is 12.6. The van der Waals surface area contributed by atoms with E-state index in [-0.39, 0.29) is 32.0 Å². The number of rotatable bonds is 48. The van der Waals surface area contributed by atoms with Crippen LogP contribution in [0.15, 0.2) is 0 Å². The molecular weight excluding hydrogens is 774 g/mol. The van der Waals surface area contributed by atoms with Gasteiger partial charge in [0, 0.05) is 12.8 Å². The minimum atomic E-state index is -4.62. The molecule has 0 fully saturated rings. The Morgan fingerprint density at radius 3 is 1.07 bits per heavy atom. The molecule has 0 aliphatic rings. The Morgan fingerprint density at radius 2 is 0.750 bits per heavy atom. The fourth-order valence-corrected chi connectivity index (χ4v) is 8.33. The van der Waals surface area contributed by atoms with Gasteiger partial charge < -0.3 is 27.9 Å². The Balaban J connectivity index is 4.17. The number of hydrogen-bond donors (Lipinski definition) is 0. The van der Waals surface area contributed by atoms with Gasteiger partial charge in [0.05, 0.1) is 27.7 Å². The lowest BCUT2D eigenvalue weighted by molar-refractivity contribution is -0.870. The summed E-state index contributed by atoms with van der Waals surface area (Å²) in [6, 6.07) is 0. The number of ether oxygens (including phenoxy) is 2. The molecule has 0 aliphatic carbocycles. The highest BCUT2D eigenvalue weighted by Gasteiger charge is 2.21. The van der Waals surface area contributed by atoms with Crippen molar-refractivity contribution in [2.24, 2.45) is 0 Å². The molecule has 0 bridgehead atoms. The molecule has 0 rings (SSSR count). The first-order valence-corrected chi connectivity index (χ1v) is 27.2. The fourth-order valence-electron chi connectivity index (χ4n) is 7.60. The summed E-state index contributed by atoms with van der Waals surface area (Å²) in [6.07, 6.45) is 45.6. The highest BCUT2D eigenvalue weighted by Crippen LogP contribution is 2.38. The number of quaternary nitrogens is 1. The number of likely N-dealkylation sites (N-methyl/N-ethyl adjacent to an activating group) is 1. The first kappa shape index (κ1) is 59.0. The predicted octanol–water partition coefficient (Wildman–Crippen LogP) is 14.5. The van der Waals surface area contributed by atoms with E-state index in [1.165, 1.54) is 193 Å². The number of hydrogen-bond acceptors (Lipinski definition) is 8. The average Bonchev–Trinajstić information content (AvgIpc) is 3.20. The number of nitrogens with zero attached hydrogens (tertiary/aromatic N) is 1. The number of phosphoric ester groups is 1. The summed E-state index contributed by atoms with van der Waals surface area (Å²) in [6.45, 7) is 4.29. The second kappa shape index (κ2) is 43.3. The van der Waals surface area contributed by atoms with Crippen molar-refractivity contribution in [2.75, 3.05) is 47.5 Å². The smallest absolute Gasteiger partial charge is 0.306 e. The molecule has 0 aromatic carbocycles. The lowest BCUT2D eigenvalue weighted by atomic mass is 10.0. The van der Waals surface area contributed by atoms with Crippen LogP contribution in [0.2, 0.25) is 0 Å². The highest BCUT2D eigenvalue weighted by molar-refractivity contribution is 7.45. The molecule has 0 N–H and O–H groups in total. The zero-order chi connectivity index (χ0) is 44.3. The van der Waals surface area contributed by atoms with Crippen molar-refractivity contribution in [1.29, 1.82) is 0 Å². The van der Waals surface area contributed by atoms with Gasteiger partial charge in [0.1, 0.15) is 19.8 Å². The van der Waals surface area contributed by atoms with Gasteiger partial charge in [-0.2, -0.15) is 0 Å². The van der Waals surface area contributed by atoms with Gasteiger partial charge in [0.25, 0.3) is 7.82 Å². The van der Waals surface area contributed by atoms with Gasteiger partial charge >= 0.3 is 11.9 Å². The van der Waals surface area contributed by atoms with Crippen LogP contribution in [-0.4, -0.2) is 70.0 Å². The summed E-state index contributed by atoms with van der Waals surface area (Å²) in [5, 5.41) is 0. The Hall–Kier alpha value is -0.990. The summed E-state index contributed by atoms with van der Waals surface area (Å²) in [4.78, 5) is 37.7. The van der Waals surface area contributed by atoms with Gasteiger partial charge in [-0.05, 0) is 12.8 Å². The molecule has 0 aromatic rings. The van der Waals surface area contributed by atoms with Crippen molar-refractivity contribution in [3.63, 3.8) is 0 Å². The molecule has 9 nitrogen and oxygen atoms in total. The standard InChI is InChI=1S/C50H100NO8P/c1-6-8-10-12-14-16-18-20-22-23-24-25-26-27-29-30-32-34-36-38-40-42-49(52)56-46-48(47-58-60(54,55)57-45-44-51(3,4)5)59-50(53)43-41-39-37-35-33-31-28-21-19-17-15-13-11-9-7-2/h48H,6-47H2,1-5H3/t48-/m0/s1. The van der Waals surface area contributed by atoms with E-state index in [2.05, 4.69) is 13.8 Å². The van der Waals surface area contributed by atoms with Crippen molar-refractivity contribution in [3.05, 3.63) is 0 Å². The van der Waals surface area contributed by atoms with E-state index in [9.17, 15) is 19.0 Å². The maximum Gasteiger partial charge on any atom is 0.306 e. The second-order valence-electron chi connectivity index (χ2n) is 18.9. The van der Waals surface area contributed by atoms with E-state index in [0.717, 1.165) is 32.1 Å². The van der Waals surface area contributed by atoms with Crippen LogP contribution in [0.5, 0.6) is 0 Å². The van der Waals surface area contributed by atoms with E-state index in [1.54, 1.807) is 0 Å². The molecule has 358 valence electrons. The number of phosphoric acid groups is 1. The van der Waals surface area contributed by atoms with Crippen LogP contribution in [-0.2, 0) is 32.7 Å². The monoisotopic (exact) mass is 874 g/mol. The summed E-state index contributed by atoms with van der Waals surface area (Å²) in [7, 11) is 1.19. The van der Waals surface area contributed by atoms with Crippen molar-refractivity contribution in [3.8, 4) is 0 Å². The molecule has 0 heterocycles. The molecule has 60 heavy (non-hydrogen) atoms. The van der Waals surface area contributed by atoms with Crippen molar-refractivity contribution in [2.45, 2.75) is 264 Å². The molecule has 0 saturated carbocycles. The topological polar surface area (TPSA) is 111 Å². The Labute approximate surface area is 372 Å². The van der Waals surface area contributed by atoms with E-state index in [1.807, 2.05) is 21.1 Å². The molecule has 0 aliphatic heterocycles. The van der Waals surface area contributed by atoms with Gasteiger partial charge in [-0.1, -0.05) is 232 Å². The van der Waals surface area contributed by atoms with E-state index < -0.39 is 26.5 Å². The van der Waals surface area contributed by atoms with Crippen LogP contribution >= 0.6 is 7.82 Å². The summed E-state index contributed by atoms with van der Waals surface area (Å²) >= 11 is 0. The van der Waals surface area contributed by atoms with Gasteiger partial charge in [-0.25, -0.2) is 0 Å². The zero-order valence-corrected chi connectivity index (χ0v) is 41.3. The summed E-state index contributed by atoms with van der Waals surface area (Å²) < 4.78 is 34.0. The molecular formula is C50H100NO8P. The summed E-state index contributed by atoms with van der Waals surface area (Å²) in [5.74, 6) is -0.814. The quantitative estimate of drug-likeness (QED) is 0.0257. The van der Waals surface area contributed by atoms with Gasteiger partial charge in [0.2, 0.25) is 0 Å². The van der Waals surface area contributed by atoms with Crippen molar-refractivity contribution >= 4 is 19.8 Å². The lowest BCUT2D eigenvalue weighted by Gasteiger charge is -2.28. The van der Waals surface area contributed by atoms with E-state index in [4.69, 9.17) is 18.5 Å². The second-order valence-corrected chi connectivity index (χ2v) is 20.3. The van der Waals surface area contributed by atoms with Gasteiger partial charge in [0.15, 0.2) is 6.10 Å². The largest absolute Gasteiger partial charge is 0.756 e. The Bertz CT molecular complexity index is 990. The molecule has 2 atom stereocenters. The van der Waals surface area contributed by atoms with Crippen molar-refractivity contribution in [1.82, 2.24) is 0 Å². The molecule has 0 radical (unpaired) electrons. The van der Waals surface area contributed by atoms with Gasteiger partial charge in [-0.3, -0.25) is 14.2 Å². The minimum absolute atomic E-state index is 0.0254. The zero-order valence-electron chi connectivity index (χ0n) is 40.4. The van der Waals surface area contributed by atoms with Crippen LogP contribution in [0.4, 0.5) is 0 Å². The van der Waals surface area contributed by atoms with E-state index >= 15 is 0 Å². The Morgan fingerprint density at radius 1 is 0.450 bits per heavy atom. The highest BCUT2D eigenvalue weighted by atomic mass is 31.2. The average molecular weight is 874 g/mol. The maximum atomic E-state index is 12.7. The Kier molecular flexibility index (Phi) is 42.6. The predicted molar refractivity (Wildman–Crippen MR) is 250 cm³/mol. The van der Waals surface area contributed by atoms with Crippen LogP contribution in [0.3, 0.4) is 0 Å². The van der Waals surface area contributed by atoms with Crippen molar-refractivity contribution < 1.29 is 42.1 Å². The van der Waals surface area contributed by atoms with Crippen LogP contribution in [0.25, 0.3) is 0 Å². The van der Waals surface area contributed by atoms with Crippen LogP contribution < -0.4 is 4.89 Å². The number of carbonyl (C=O) groups excluding carboxylic acids is 2. The summed E-state index contributed by atoms with van der Waals surface area (Å²) in [5.41, 5.74) is 0. The molecule has 1 unspecified atom stereocenters. The first-order chi connectivity index (χ1) is 29.0. The molecule has 0 amide bonds. The van der Waals surface area contributed by atoms with Gasteiger partial charge in [-0.15, -0.1) is 0 Å². The number of esters is 2. The third kappa shape index (κ3) is 46.5. The SMILES string of the molecule is CCCCCCCCCCCCCCCCCCCCCCCC(=O)OC[C@@H](COP(=O)([O-])OCC[N+](C)(C)C)OC(=O)CCCCCCCCCCCCCCCCC. The van der Waals surface area contributed by atoms with E-state index in [0.29, 0.717) is 17.4 Å².